The molecule has 0 saturated carbocycles. The number of hydrogen-bond acceptors (Lipinski definition) is 1. The molecule has 0 fully saturated rings. The van der Waals surface area contributed by atoms with Crippen LogP contribution in [0.4, 0.5) is 0 Å². The molecule has 0 bridgehead atoms. The lowest BCUT2D eigenvalue weighted by molar-refractivity contribution is -0.00000670. The molecule has 0 saturated heterocycles. The lowest BCUT2D eigenvalue weighted by Crippen LogP contribution is -3.00. The molecule has 1 unspecified atom stereocenters. The van der Waals surface area contributed by atoms with Crippen molar-refractivity contribution in [3.8, 4) is 0 Å². The first-order valence-electron chi connectivity index (χ1n) is 11.0. The first-order valence-corrected chi connectivity index (χ1v) is 12.8. The average molecular weight is 505 g/mol. The molecule has 4 rings (SSSR count). The molecule has 0 radical (unpaired) electrons. The second kappa shape index (κ2) is 12.1. The van der Waals surface area contributed by atoms with E-state index in [9.17, 15) is 0 Å². The van der Waals surface area contributed by atoms with Crippen molar-refractivity contribution >= 4 is 23.2 Å². The molecule has 4 aromatic rings. The van der Waals surface area contributed by atoms with Crippen molar-refractivity contribution in [3.63, 3.8) is 0 Å². The van der Waals surface area contributed by atoms with Gasteiger partial charge in [0.2, 0.25) is 0 Å². The summed E-state index contributed by atoms with van der Waals surface area (Å²) >= 11 is 0. The maximum absolute atomic E-state index is 6.11. The Morgan fingerprint density at radius 1 is 0.594 bits per heavy atom. The van der Waals surface area contributed by atoms with E-state index in [1.165, 1.54) is 21.5 Å². The van der Waals surface area contributed by atoms with Crippen molar-refractivity contribution in [1.29, 1.82) is 0 Å². The molecule has 0 N–H and O–H groups in total. The molecule has 4 aromatic carbocycles. The van der Waals surface area contributed by atoms with Gasteiger partial charge in [0, 0.05) is 6.42 Å². The second-order valence-electron chi connectivity index (χ2n) is 7.91. The number of hydrogen-bond donors (Lipinski definition) is 0. The van der Waals surface area contributed by atoms with Crippen molar-refractivity contribution in [2.45, 2.75) is 25.6 Å². The van der Waals surface area contributed by atoms with Gasteiger partial charge in [0.05, 0.1) is 18.9 Å². The zero-order chi connectivity index (χ0) is 21.4. The third kappa shape index (κ3) is 5.38. The molecule has 1 nitrogen and oxygen atoms in total. The fourth-order valence-corrected chi connectivity index (χ4v) is 9.25. The Morgan fingerprint density at radius 2 is 0.969 bits per heavy atom. The zero-order valence-electron chi connectivity index (χ0n) is 18.5. The maximum atomic E-state index is 6.11. The highest BCUT2D eigenvalue weighted by molar-refractivity contribution is 7.96. The average Bonchev–Trinajstić information content (AvgIpc) is 2.85. The van der Waals surface area contributed by atoms with Crippen molar-refractivity contribution in [1.82, 2.24) is 0 Å². The van der Waals surface area contributed by atoms with Gasteiger partial charge in [-0.05, 0) is 48.9 Å². The largest absolute Gasteiger partial charge is 1.00 e. The minimum atomic E-state index is -1.84. The van der Waals surface area contributed by atoms with Gasteiger partial charge in [-0.2, -0.15) is 0 Å². The van der Waals surface area contributed by atoms with Gasteiger partial charge in [0.15, 0.2) is 0 Å². The summed E-state index contributed by atoms with van der Waals surface area (Å²) < 4.78 is 6.11. The van der Waals surface area contributed by atoms with Crippen LogP contribution in [-0.2, 0) is 11.3 Å². The van der Waals surface area contributed by atoms with E-state index in [0.717, 1.165) is 13.0 Å². The molecule has 0 amide bonds. The van der Waals surface area contributed by atoms with Gasteiger partial charge >= 0.3 is 0 Å². The summed E-state index contributed by atoms with van der Waals surface area (Å²) in [6, 6.07) is 43.7. The van der Waals surface area contributed by atoms with Crippen LogP contribution in [0.3, 0.4) is 0 Å². The maximum Gasteiger partial charge on any atom is 0.114 e. The lowest BCUT2D eigenvalue weighted by atomic mass is 10.2. The van der Waals surface area contributed by atoms with Crippen LogP contribution in [0.2, 0.25) is 0 Å². The summed E-state index contributed by atoms with van der Waals surface area (Å²) in [6.07, 6.45) is 1.01. The van der Waals surface area contributed by atoms with Gasteiger partial charge in [0.1, 0.15) is 23.2 Å². The molecule has 0 aliphatic carbocycles. The van der Waals surface area contributed by atoms with Gasteiger partial charge in [-0.25, -0.2) is 0 Å². The summed E-state index contributed by atoms with van der Waals surface area (Å²) in [6.45, 7) is 3.83. The van der Waals surface area contributed by atoms with Crippen LogP contribution in [0.25, 0.3) is 0 Å². The normalized spacial score (nSPS) is 12.0. The van der Waals surface area contributed by atoms with Crippen molar-refractivity contribution in [3.05, 3.63) is 127 Å². The van der Waals surface area contributed by atoms with Crippen LogP contribution in [0.15, 0.2) is 121 Å². The predicted octanol–water partition coefficient (Wildman–Crippen LogP) is 2.98. The molecule has 0 aromatic heterocycles. The quantitative estimate of drug-likeness (QED) is 0.251. The van der Waals surface area contributed by atoms with Crippen molar-refractivity contribution < 1.29 is 21.7 Å². The summed E-state index contributed by atoms with van der Waals surface area (Å²) in [5.74, 6) is 0. The minimum Gasteiger partial charge on any atom is -1.00 e. The Balaban J connectivity index is 0.00000289. The molecule has 1 atom stereocenters. The summed E-state index contributed by atoms with van der Waals surface area (Å²) in [5.41, 5.74) is 1.68. The van der Waals surface area contributed by atoms with Crippen molar-refractivity contribution in [2.75, 3.05) is 6.61 Å². The van der Waals surface area contributed by atoms with E-state index in [1.54, 1.807) is 0 Å². The molecule has 0 aliphatic heterocycles. The van der Waals surface area contributed by atoms with Crippen LogP contribution in [0.1, 0.15) is 18.9 Å². The number of benzene rings is 4. The highest BCUT2D eigenvalue weighted by atomic mass is 79.9. The Bertz CT molecular complexity index is 943. The Kier molecular flexibility index (Phi) is 9.23. The molecule has 0 spiro atoms. The number of ether oxygens (including phenoxy) is 1. The van der Waals surface area contributed by atoms with Gasteiger partial charge in [-0.1, -0.05) is 84.9 Å². The summed E-state index contributed by atoms with van der Waals surface area (Å²) in [7, 11) is -1.84. The van der Waals surface area contributed by atoms with E-state index in [4.69, 9.17) is 4.74 Å². The second-order valence-corrected chi connectivity index (χ2v) is 11.8. The fraction of sp³-hybridized carbons (Fsp3) is 0.172. The lowest BCUT2D eigenvalue weighted by Gasteiger charge is -2.33. The third-order valence-electron chi connectivity index (χ3n) is 5.94. The van der Waals surface area contributed by atoms with Gasteiger partial charge in [0.25, 0.3) is 0 Å². The first kappa shape index (κ1) is 24.4. The topological polar surface area (TPSA) is 9.23 Å². The Morgan fingerprint density at radius 3 is 1.38 bits per heavy atom. The molecule has 3 heteroatoms. The number of rotatable bonds is 9. The smallest absolute Gasteiger partial charge is 0.114 e. The fourth-order valence-electron chi connectivity index (χ4n) is 4.41. The molecular formula is C29H30BrOP. The van der Waals surface area contributed by atoms with Gasteiger partial charge in [-0.3, -0.25) is 0 Å². The minimum absolute atomic E-state index is 0. The van der Waals surface area contributed by atoms with Crippen LogP contribution >= 0.6 is 7.26 Å². The van der Waals surface area contributed by atoms with E-state index in [1.807, 2.05) is 6.07 Å². The van der Waals surface area contributed by atoms with Crippen LogP contribution in [-0.4, -0.2) is 12.3 Å². The molecule has 0 aliphatic rings. The van der Waals surface area contributed by atoms with E-state index in [-0.39, 0.29) is 17.0 Å². The van der Waals surface area contributed by atoms with E-state index < -0.39 is 7.26 Å². The zero-order valence-corrected chi connectivity index (χ0v) is 21.0. The monoisotopic (exact) mass is 504 g/mol. The van der Waals surface area contributed by atoms with Crippen LogP contribution in [0.5, 0.6) is 0 Å². The van der Waals surface area contributed by atoms with Gasteiger partial charge in [-0.15, -0.1) is 0 Å². The van der Waals surface area contributed by atoms with E-state index >= 15 is 0 Å². The number of halogens is 1. The highest BCUT2D eigenvalue weighted by Gasteiger charge is 2.49. The molecular weight excluding hydrogens is 475 g/mol. The van der Waals surface area contributed by atoms with E-state index in [2.05, 4.69) is 122 Å². The SMILES string of the molecule is CC(CCOCc1ccccc1)[P+](c1ccccc1)(c1ccccc1)c1ccccc1.[Br-]. The molecule has 0 heterocycles. The Hall–Kier alpha value is -2.25. The third-order valence-corrected chi connectivity index (χ3v) is 10.9. The highest BCUT2D eigenvalue weighted by Crippen LogP contribution is 2.60. The summed E-state index contributed by atoms with van der Waals surface area (Å²) in [4.78, 5) is 0. The predicted molar refractivity (Wildman–Crippen MR) is 135 cm³/mol. The first-order chi connectivity index (χ1) is 15.3. The van der Waals surface area contributed by atoms with E-state index in [0.29, 0.717) is 12.3 Å². The molecule has 32 heavy (non-hydrogen) atoms. The Labute approximate surface area is 203 Å². The van der Waals surface area contributed by atoms with Crippen LogP contribution in [0, 0.1) is 0 Å². The summed E-state index contributed by atoms with van der Waals surface area (Å²) in [5, 5.41) is 4.30. The standard InChI is InChI=1S/C29H30OP.BrH/c1-25(22-23-30-24-26-14-6-2-7-15-26)31(27-16-8-3-9-17-27,28-18-10-4-11-19-28)29-20-12-5-13-21-29;/h2-21,25H,22-24H2,1H3;1H/q+1;/p-1. The van der Waals surface area contributed by atoms with Crippen LogP contribution < -0.4 is 32.9 Å². The van der Waals surface area contributed by atoms with Crippen molar-refractivity contribution in [2.24, 2.45) is 0 Å². The van der Waals surface area contributed by atoms with Gasteiger partial charge < -0.3 is 21.7 Å². The molecule has 164 valence electrons.